The summed E-state index contributed by atoms with van der Waals surface area (Å²) in [5.41, 5.74) is 8.13. The Morgan fingerprint density at radius 2 is 2.35 bits per heavy atom. The second-order valence-corrected chi connectivity index (χ2v) is 4.84. The molecule has 1 saturated heterocycles. The minimum atomic E-state index is 0.333. The normalized spacial score (nSPS) is 19.9. The molecule has 1 aromatic carbocycles. The van der Waals surface area contributed by atoms with E-state index in [0.29, 0.717) is 12.6 Å². The van der Waals surface area contributed by atoms with Crippen molar-refractivity contribution in [3.8, 4) is 0 Å². The number of anilines is 1. The zero-order chi connectivity index (χ0) is 12.3. The molecule has 17 heavy (non-hydrogen) atoms. The molecule has 0 saturated carbocycles. The molecule has 4 heteroatoms. The molecule has 2 N–H and O–H groups in total. The second-order valence-electron chi connectivity index (χ2n) is 4.40. The molecule has 0 bridgehead atoms. The monoisotopic (exact) mass is 254 g/mol. The lowest BCUT2D eigenvalue weighted by molar-refractivity contribution is 0.121. The Kier molecular flexibility index (Phi) is 4.26. The largest absolute Gasteiger partial charge is 0.380 e. The topological polar surface area (TPSA) is 38.5 Å². The van der Waals surface area contributed by atoms with Crippen LogP contribution in [0, 0.1) is 0 Å². The number of hydrogen-bond acceptors (Lipinski definition) is 3. The predicted octanol–water partition coefficient (Wildman–Crippen LogP) is 2.07. The smallest absolute Gasteiger partial charge is 0.0762 e. The summed E-state index contributed by atoms with van der Waals surface area (Å²) in [4.78, 5) is 2.34. The third kappa shape index (κ3) is 2.92. The molecule has 1 fully saturated rings. The summed E-state index contributed by atoms with van der Waals surface area (Å²) in [7, 11) is 1.77. The zero-order valence-electron chi connectivity index (χ0n) is 10.2. The Morgan fingerprint density at radius 3 is 3.00 bits per heavy atom. The van der Waals surface area contributed by atoms with Crippen LogP contribution < -0.4 is 10.6 Å². The molecule has 3 nitrogen and oxygen atoms in total. The lowest BCUT2D eigenvalue weighted by atomic mass is 10.1. The van der Waals surface area contributed by atoms with Gasteiger partial charge in [0.25, 0.3) is 0 Å². The lowest BCUT2D eigenvalue weighted by Gasteiger charge is -2.22. The lowest BCUT2D eigenvalue weighted by Crippen LogP contribution is -2.23. The van der Waals surface area contributed by atoms with Gasteiger partial charge in [-0.05, 0) is 37.1 Å². The van der Waals surface area contributed by atoms with Crippen molar-refractivity contribution in [1.82, 2.24) is 0 Å². The maximum Gasteiger partial charge on any atom is 0.0762 e. The first kappa shape index (κ1) is 12.7. The van der Waals surface area contributed by atoms with Gasteiger partial charge in [0.15, 0.2) is 0 Å². The van der Waals surface area contributed by atoms with E-state index in [1.165, 1.54) is 11.3 Å². The van der Waals surface area contributed by atoms with Gasteiger partial charge in [-0.3, -0.25) is 0 Å². The zero-order valence-corrected chi connectivity index (χ0v) is 10.9. The highest BCUT2D eigenvalue weighted by Gasteiger charge is 2.23. The van der Waals surface area contributed by atoms with E-state index >= 15 is 0 Å². The summed E-state index contributed by atoms with van der Waals surface area (Å²) < 4.78 is 5.39. The van der Waals surface area contributed by atoms with Gasteiger partial charge in [0.05, 0.1) is 6.10 Å². The fourth-order valence-electron chi connectivity index (χ4n) is 2.34. The van der Waals surface area contributed by atoms with Crippen molar-refractivity contribution in [3.05, 3.63) is 28.8 Å². The van der Waals surface area contributed by atoms with E-state index in [1.54, 1.807) is 7.11 Å². The van der Waals surface area contributed by atoms with Gasteiger partial charge in [-0.2, -0.15) is 0 Å². The average Bonchev–Trinajstić information content (AvgIpc) is 2.80. The number of ether oxygens (including phenoxy) is 1. The van der Waals surface area contributed by atoms with E-state index in [2.05, 4.69) is 11.0 Å². The van der Waals surface area contributed by atoms with Gasteiger partial charge in [0, 0.05) is 30.9 Å². The first-order chi connectivity index (χ1) is 8.24. The van der Waals surface area contributed by atoms with E-state index in [0.717, 1.165) is 31.0 Å². The van der Waals surface area contributed by atoms with E-state index in [4.69, 9.17) is 22.1 Å². The maximum atomic E-state index is 6.08. The van der Waals surface area contributed by atoms with Gasteiger partial charge in [-0.25, -0.2) is 0 Å². The molecule has 94 valence electrons. The molecule has 1 aromatic rings. The van der Waals surface area contributed by atoms with E-state index < -0.39 is 0 Å². The van der Waals surface area contributed by atoms with Gasteiger partial charge in [0.1, 0.15) is 0 Å². The van der Waals surface area contributed by atoms with Crippen LogP contribution in [-0.2, 0) is 11.2 Å². The van der Waals surface area contributed by atoms with E-state index in [1.807, 2.05) is 12.1 Å². The maximum absolute atomic E-state index is 6.08. The molecule has 1 atom stereocenters. The Morgan fingerprint density at radius 1 is 1.53 bits per heavy atom. The molecule has 2 rings (SSSR count). The number of methoxy groups -OCH3 is 1. The predicted molar refractivity (Wildman–Crippen MR) is 71.8 cm³/mol. The van der Waals surface area contributed by atoms with Crippen LogP contribution in [0.3, 0.4) is 0 Å². The minimum absolute atomic E-state index is 0.333. The molecule has 1 heterocycles. The number of hydrogen-bond donors (Lipinski definition) is 1. The van der Waals surface area contributed by atoms with Crippen LogP contribution in [0.2, 0.25) is 5.02 Å². The third-order valence-electron chi connectivity index (χ3n) is 3.28. The van der Waals surface area contributed by atoms with Gasteiger partial charge < -0.3 is 15.4 Å². The van der Waals surface area contributed by atoms with Crippen LogP contribution in [0.5, 0.6) is 0 Å². The van der Waals surface area contributed by atoms with Gasteiger partial charge in [-0.1, -0.05) is 17.7 Å². The van der Waals surface area contributed by atoms with Gasteiger partial charge in [0.2, 0.25) is 0 Å². The van der Waals surface area contributed by atoms with Crippen molar-refractivity contribution in [2.75, 3.05) is 31.6 Å². The SMILES string of the molecule is COC1CCN(c2cc(Cl)ccc2CCN)C1. The Balaban J connectivity index is 2.21. The first-order valence-electron chi connectivity index (χ1n) is 6.01. The molecule has 1 aliphatic heterocycles. The number of rotatable bonds is 4. The summed E-state index contributed by atoms with van der Waals surface area (Å²) >= 11 is 6.08. The molecule has 0 aliphatic carbocycles. The molecular weight excluding hydrogens is 236 g/mol. The minimum Gasteiger partial charge on any atom is -0.380 e. The molecule has 1 unspecified atom stereocenters. The second kappa shape index (κ2) is 5.71. The van der Waals surface area contributed by atoms with Gasteiger partial charge in [-0.15, -0.1) is 0 Å². The Labute approximate surface area is 107 Å². The van der Waals surface area contributed by atoms with Crippen molar-refractivity contribution in [2.45, 2.75) is 18.9 Å². The molecule has 0 spiro atoms. The standard InChI is InChI=1S/C13H19ClN2O/c1-17-12-5-7-16(9-12)13-8-11(14)3-2-10(13)4-6-15/h2-3,8,12H,4-7,9,15H2,1H3. The highest BCUT2D eigenvalue weighted by Crippen LogP contribution is 2.28. The van der Waals surface area contributed by atoms with Crippen molar-refractivity contribution in [1.29, 1.82) is 0 Å². The summed E-state index contributed by atoms with van der Waals surface area (Å²) in [5, 5.41) is 0.779. The van der Waals surface area contributed by atoms with Crippen LogP contribution in [0.1, 0.15) is 12.0 Å². The fourth-order valence-corrected chi connectivity index (χ4v) is 2.50. The van der Waals surface area contributed by atoms with E-state index in [9.17, 15) is 0 Å². The van der Waals surface area contributed by atoms with Crippen LogP contribution in [0.15, 0.2) is 18.2 Å². The summed E-state index contributed by atoms with van der Waals surface area (Å²) in [5.74, 6) is 0. The highest BCUT2D eigenvalue weighted by molar-refractivity contribution is 6.30. The van der Waals surface area contributed by atoms with E-state index in [-0.39, 0.29) is 0 Å². The molecule has 1 aliphatic rings. The molecular formula is C13H19ClN2O. The average molecular weight is 255 g/mol. The third-order valence-corrected chi connectivity index (χ3v) is 3.52. The quantitative estimate of drug-likeness (QED) is 0.894. The Bertz CT molecular complexity index is 384. The van der Waals surface area contributed by atoms with Crippen molar-refractivity contribution in [2.24, 2.45) is 5.73 Å². The molecule has 0 amide bonds. The fraction of sp³-hybridized carbons (Fsp3) is 0.538. The molecule has 0 aromatic heterocycles. The van der Waals surface area contributed by atoms with Crippen LogP contribution in [-0.4, -0.2) is 32.8 Å². The van der Waals surface area contributed by atoms with Crippen LogP contribution >= 0.6 is 11.6 Å². The Hall–Kier alpha value is -0.770. The summed E-state index contributed by atoms with van der Waals surface area (Å²) in [6, 6.07) is 6.04. The highest BCUT2D eigenvalue weighted by atomic mass is 35.5. The first-order valence-corrected chi connectivity index (χ1v) is 6.38. The van der Waals surface area contributed by atoms with Crippen molar-refractivity contribution < 1.29 is 4.74 Å². The van der Waals surface area contributed by atoms with Gasteiger partial charge >= 0.3 is 0 Å². The number of benzene rings is 1. The van der Waals surface area contributed by atoms with Crippen molar-refractivity contribution in [3.63, 3.8) is 0 Å². The van der Waals surface area contributed by atoms with Crippen molar-refractivity contribution >= 4 is 17.3 Å². The summed E-state index contributed by atoms with van der Waals surface area (Å²) in [6.07, 6.45) is 2.30. The summed E-state index contributed by atoms with van der Waals surface area (Å²) in [6.45, 7) is 2.63. The van der Waals surface area contributed by atoms with Crippen LogP contribution in [0.25, 0.3) is 0 Å². The van der Waals surface area contributed by atoms with Crippen LogP contribution in [0.4, 0.5) is 5.69 Å². The molecule has 0 radical (unpaired) electrons. The number of halogens is 1. The number of nitrogens with two attached hydrogens (primary N) is 1. The number of nitrogens with zero attached hydrogens (tertiary/aromatic N) is 1.